The quantitative estimate of drug-likeness (QED) is 0.725. The molecule has 0 spiro atoms. The molecule has 0 aromatic carbocycles. The molecule has 1 fully saturated rings. The minimum absolute atomic E-state index is 0.662. The summed E-state index contributed by atoms with van der Waals surface area (Å²) in [5.41, 5.74) is 0. The number of alkyl halides is 1. The van der Waals surface area contributed by atoms with Gasteiger partial charge in [0, 0.05) is 13.0 Å². The summed E-state index contributed by atoms with van der Waals surface area (Å²) >= 11 is 3.38. The molecule has 1 aromatic heterocycles. The third-order valence-corrected chi connectivity index (χ3v) is 3.06. The molecule has 1 saturated carbocycles. The second-order valence-corrected chi connectivity index (χ2v) is 4.05. The van der Waals surface area contributed by atoms with Gasteiger partial charge in [-0.1, -0.05) is 22.9 Å². The van der Waals surface area contributed by atoms with Gasteiger partial charge in [0.2, 0.25) is 0 Å². The molecule has 2 unspecified atom stereocenters. The molecule has 0 bridgehead atoms. The number of hydrogen-bond acceptors (Lipinski definition) is 2. The molecule has 1 aliphatic rings. The molecule has 2 rings (SSSR count). The average Bonchev–Trinajstić information content (AvgIpc) is 2.63. The van der Waals surface area contributed by atoms with Crippen molar-refractivity contribution in [2.75, 3.05) is 0 Å². The maximum Gasteiger partial charge on any atom is 0.143 e. The Bertz CT molecular complexity index is 294. The normalized spacial score (nSPS) is 27.6. The lowest BCUT2D eigenvalue weighted by Gasteiger charge is -1.99. The second-order valence-electron chi connectivity index (χ2n) is 3.49. The van der Waals surface area contributed by atoms with Crippen molar-refractivity contribution in [2.24, 2.45) is 13.0 Å². The van der Waals surface area contributed by atoms with Gasteiger partial charge in [0.05, 0.1) is 5.33 Å². The summed E-state index contributed by atoms with van der Waals surface area (Å²) in [6.45, 7) is 2.26. The van der Waals surface area contributed by atoms with Crippen molar-refractivity contribution >= 4 is 15.9 Å². The molecule has 0 aliphatic heterocycles. The SMILES string of the molecule is CC1CC1c1nnc(CBr)n1C. The summed E-state index contributed by atoms with van der Waals surface area (Å²) in [6, 6.07) is 0. The van der Waals surface area contributed by atoms with Crippen molar-refractivity contribution in [2.45, 2.75) is 24.6 Å². The zero-order valence-electron chi connectivity index (χ0n) is 7.29. The Labute approximate surface area is 80.3 Å². The Hall–Kier alpha value is -0.380. The van der Waals surface area contributed by atoms with E-state index in [2.05, 4.69) is 37.6 Å². The van der Waals surface area contributed by atoms with Crippen LogP contribution in [0.3, 0.4) is 0 Å². The van der Waals surface area contributed by atoms with E-state index in [0.29, 0.717) is 5.92 Å². The summed E-state index contributed by atoms with van der Waals surface area (Å²) in [5.74, 6) is 3.63. The lowest BCUT2D eigenvalue weighted by Crippen LogP contribution is -1.99. The van der Waals surface area contributed by atoms with Crippen LogP contribution in [0.1, 0.15) is 30.9 Å². The van der Waals surface area contributed by atoms with Gasteiger partial charge in [-0.15, -0.1) is 10.2 Å². The van der Waals surface area contributed by atoms with Crippen LogP contribution in [-0.2, 0) is 12.4 Å². The van der Waals surface area contributed by atoms with Crippen LogP contribution in [-0.4, -0.2) is 14.8 Å². The summed E-state index contributed by atoms with van der Waals surface area (Å²) in [5, 5.41) is 9.07. The van der Waals surface area contributed by atoms with E-state index in [9.17, 15) is 0 Å². The van der Waals surface area contributed by atoms with Gasteiger partial charge in [0.25, 0.3) is 0 Å². The van der Waals surface area contributed by atoms with Crippen molar-refractivity contribution in [1.29, 1.82) is 0 Å². The van der Waals surface area contributed by atoms with Gasteiger partial charge in [-0.05, 0) is 12.3 Å². The molecule has 2 atom stereocenters. The zero-order chi connectivity index (χ0) is 8.72. The fourth-order valence-corrected chi connectivity index (χ4v) is 1.98. The topological polar surface area (TPSA) is 30.7 Å². The zero-order valence-corrected chi connectivity index (χ0v) is 8.87. The van der Waals surface area contributed by atoms with Gasteiger partial charge in [0.15, 0.2) is 0 Å². The largest absolute Gasteiger partial charge is 0.317 e. The molecule has 1 heterocycles. The predicted molar refractivity (Wildman–Crippen MR) is 50.2 cm³/mol. The minimum Gasteiger partial charge on any atom is -0.317 e. The molecule has 0 saturated heterocycles. The van der Waals surface area contributed by atoms with Crippen LogP contribution >= 0.6 is 15.9 Å². The number of aromatic nitrogens is 3. The Balaban J connectivity index is 2.27. The predicted octanol–water partition coefficient (Wildman–Crippen LogP) is 1.83. The first-order valence-corrected chi connectivity index (χ1v) is 5.30. The highest BCUT2D eigenvalue weighted by atomic mass is 79.9. The summed E-state index contributed by atoms with van der Waals surface area (Å²) < 4.78 is 2.10. The first kappa shape index (κ1) is 8.23. The highest BCUT2D eigenvalue weighted by Gasteiger charge is 2.37. The number of nitrogens with zero attached hydrogens (tertiary/aromatic N) is 3. The maximum absolute atomic E-state index is 4.18. The molecule has 0 N–H and O–H groups in total. The van der Waals surface area contributed by atoms with E-state index in [4.69, 9.17) is 0 Å². The molecular formula is C8H12BrN3. The van der Waals surface area contributed by atoms with E-state index in [1.165, 1.54) is 6.42 Å². The Morgan fingerprint density at radius 3 is 2.67 bits per heavy atom. The molecule has 12 heavy (non-hydrogen) atoms. The number of halogens is 1. The van der Waals surface area contributed by atoms with Crippen LogP contribution in [0.25, 0.3) is 0 Å². The highest BCUT2D eigenvalue weighted by Crippen LogP contribution is 2.45. The van der Waals surface area contributed by atoms with E-state index in [1.807, 2.05) is 7.05 Å². The van der Waals surface area contributed by atoms with Crippen molar-refractivity contribution in [3.8, 4) is 0 Å². The van der Waals surface area contributed by atoms with E-state index in [1.54, 1.807) is 0 Å². The number of hydrogen-bond donors (Lipinski definition) is 0. The van der Waals surface area contributed by atoms with Gasteiger partial charge in [0.1, 0.15) is 11.6 Å². The third kappa shape index (κ3) is 1.18. The first-order chi connectivity index (χ1) is 5.74. The van der Waals surface area contributed by atoms with Crippen LogP contribution in [0.2, 0.25) is 0 Å². The van der Waals surface area contributed by atoms with E-state index >= 15 is 0 Å². The Morgan fingerprint density at radius 2 is 2.25 bits per heavy atom. The van der Waals surface area contributed by atoms with Crippen molar-refractivity contribution in [3.05, 3.63) is 11.6 Å². The summed E-state index contributed by atoms with van der Waals surface area (Å²) in [7, 11) is 2.04. The molecule has 66 valence electrons. The van der Waals surface area contributed by atoms with Crippen molar-refractivity contribution < 1.29 is 0 Å². The van der Waals surface area contributed by atoms with Crippen LogP contribution in [0.5, 0.6) is 0 Å². The maximum atomic E-state index is 4.18. The smallest absolute Gasteiger partial charge is 0.143 e. The standard InChI is InChI=1S/C8H12BrN3/c1-5-3-6(5)8-11-10-7(4-9)12(8)2/h5-6H,3-4H2,1-2H3. The van der Waals surface area contributed by atoms with Crippen molar-refractivity contribution in [3.63, 3.8) is 0 Å². The monoisotopic (exact) mass is 229 g/mol. The summed E-state index contributed by atoms with van der Waals surface area (Å²) in [6.07, 6.45) is 1.27. The molecule has 4 heteroatoms. The second kappa shape index (κ2) is 2.83. The molecule has 0 amide bonds. The molecule has 3 nitrogen and oxygen atoms in total. The molecule has 1 aromatic rings. The van der Waals surface area contributed by atoms with Gasteiger partial charge >= 0.3 is 0 Å². The van der Waals surface area contributed by atoms with Crippen molar-refractivity contribution in [1.82, 2.24) is 14.8 Å². The van der Waals surface area contributed by atoms with E-state index in [0.717, 1.165) is 22.9 Å². The Kier molecular flexibility index (Phi) is 1.94. The van der Waals surface area contributed by atoms with E-state index < -0.39 is 0 Å². The lowest BCUT2D eigenvalue weighted by atomic mass is 10.3. The Morgan fingerprint density at radius 1 is 1.58 bits per heavy atom. The third-order valence-electron chi connectivity index (χ3n) is 2.56. The molecule has 1 aliphatic carbocycles. The first-order valence-electron chi connectivity index (χ1n) is 4.18. The number of rotatable bonds is 2. The van der Waals surface area contributed by atoms with Crippen LogP contribution in [0.4, 0.5) is 0 Å². The van der Waals surface area contributed by atoms with Gasteiger partial charge in [-0.2, -0.15) is 0 Å². The van der Waals surface area contributed by atoms with Gasteiger partial charge < -0.3 is 4.57 Å². The van der Waals surface area contributed by atoms with Gasteiger partial charge in [-0.25, -0.2) is 0 Å². The van der Waals surface area contributed by atoms with Crippen LogP contribution < -0.4 is 0 Å². The fourth-order valence-electron chi connectivity index (χ4n) is 1.50. The molecule has 0 radical (unpaired) electrons. The fraction of sp³-hybridized carbons (Fsp3) is 0.750. The summed E-state index contributed by atoms with van der Waals surface area (Å²) in [4.78, 5) is 0. The average molecular weight is 230 g/mol. The van der Waals surface area contributed by atoms with Crippen LogP contribution in [0, 0.1) is 5.92 Å². The van der Waals surface area contributed by atoms with Gasteiger partial charge in [-0.3, -0.25) is 0 Å². The highest BCUT2D eigenvalue weighted by molar-refractivity contribution is 9.08. The van der Waals surface area contributed by atoms with E-state index in [-0.39, 0.29) is 0 Å². The van der Waals surface area contributed by atoms with Crippen LogP contribution in [0.15, 0.2) is 0 Å². The lowest BCUT2D eigenvalue weighted by molar-refractivity contribution is 0.748. The molecular weight excluding hydrogens is 218 g/mol. The minimum atomic E-state index is 0.662.